The molecule has 0 unspecified atom stereocenters. The van der Waals surface area contributed by atoms with Crippen LogP contribution in [0.25, 0.3) is 0 Å². The van der Waals surface area contributed by atoms with Crippen LogP contribution >= 0.6 is 0 Å². The molecule has 21 heavy (non-hydrogen) atoms. The van der Waals surface area contributed by atoms with Crippen LogP contribution in [-0.2, 0) is 14.4 Å². The SMILES string of the molecule is C/C(=N/OCC(=O)O[C@H](C)C#N)c1ccc2c(c1)OCO2. The first-order valence-corrected chi connectivity index (χ1v) is 6.26. The summed E-state index contributed by atoms with van der Waals surface area (Å²) in [7, 11) is 0. The lowest BCUT2D eigenvalue weighted by atomic mass is 10.1. The van der Waals surface area contributed by atoms with Crippen molar-refractivity contribution >= 4 is 11.7 Å². The monoisotopic (exact) mass is 290 g/mol. The van der Waals surface area contributed by atoms with Crippen LogP contribution in [0, 0.1) is 11.3 Å². The minimum atomic E-state index is -0.806. The highest BCUT2D eigenvalue weighted by Crippen LogP contribution is 2.32. The van der Waals surface area contributed by atoms with Gasteiger partial charge in [0.15, 0.2) is 17.6 Å². The Morgan fingerprint density at radius 2 is 2.24 bits per heavy atom. The zero-order chi connectivity index (χ0) is 15.2. The van der Waals surface area contributed by atoms with E-state index in [9.17, 15) is 4.79 Å². The molecule has 110 valence electrons. The second-order valence-electron chi connectivity index (χ2n) is 4.28. The second kappa shape index (κ2) is 6.61. The Balaban J connectivity index is 1.90. The fraction of sp³-hybridized carbons (Fsp3) is 0.357. The number of carbonyl (C=O) groups is 1. The molecule has 0 N–H and O–H groups in total. The van der Waals surface area contributed by atoms with Gasteiger partial charge in [0.1, 0.15) is 6.07 Å². The minimum absolute atomic E-state index is 0.203. The summed E-state index contributed by atoms with van der Waals surface area (Å²) >= 11 is 0. The number of fused-ring (bicyclic) bond motifs is 1. The smallest absolute Gasteiger partial charge is 0.348 e. The first kappa shape index (κ1) is 14.7. The van der Waals surface area contributed by atoms with Crippen molar-refractivity contribution in [1.82, 2.24) is 0 Å². The normalized spacial score (nSPS) is 14.2. The van der Waals surface area contributed by atoms with Gasteiger partial charge in [0.05, 0.1) is 5.71 Å². The lowest BCUT2D eigenvalue weighted by Gasteiger charge is -2.05. The van der Waals surface area contributed by atoms with E-state index in [1.165, 1.54) is 6.92 Å². The van der Waals surface area contributed by atoms with E-state index < -0.39 is 12.1 Å². The molecule has 1 aromatic rings. The van der Waals surface area contributed by atoms with Crippen LogP contribution in [0.4, 0.5) is 0 Å². The molecule has 0 bridgehead atoms. The number of rotatable bonds is 5. The molecule has 7 nitrogen and oxygen atoms in total. The summed E-state index contributed by atoms with van der Waals surface area (Å²) in [5, 5.41) is 12.3. The van der Waals surface area contributed by atoms with E-state index in [1.54, 1.807) is 25.1 Å². The van der Waals surface area contributed by atoms with Crippen molar-refractivity contribution in [3.8, 4) is 17.6 Å². The molecule has 0 aromatic heterocycles. The zero-order valence-electron chi connectivity index (χ0n) is 11.7. The maximum Gasteiger partial charge on any atom is 0.348 e. The Morgan fingerprint density at radius 3 is 3.00 bits per heavy atom. The maximum absolute atomic E-state index is 11.3. The Kier molecular flexibility index (Phi) is 4.61. The minimum Gasteiger partial charge on any atom is -0.454 e. The average Bonchev–Trinajstić information content (AvgIpc) is 2.94. The quantitative estimate of drug-likeness (QED) is 0.465. The average molecular weight is 290 g/mol. The van der Waals surface area contributed by atoms with Gasteiger partial charge in [-0.3, -0.25) is 0 Å². The van der Waals surface area contributed by atoms with Gasteiger partial charge in [0.25, 0.3) is 0 Å². The summed E-state index contributed by atoms with van der Waals surface area (Å²) in [4.78, 5) is 16.2. The Hall–Kier alpha value is -2.75. The van der Waals surface area contributed by atoms with Gasteiger partial charge in [-0.05, 0) is 32.0 Å². The molecule has 1 aliphatic heterocycles. The molecular formula is C14H14N2O5. The number of oxime groups is 1. The highest BCUT2D eigenvalue weighted by molar-refractivity contribution is 5.99. The molecular weight excluding hydrogens is 276 g/mol. The Labute approximate surface area is 121 Å². The van der Waals surface area contributed by atoms with Gasteiger partial charge >= 0.3 is 5.97 Å². The number of nitriles is 1. The van der Waals surface area contributed by atoms with Gasteiger partial charge in [-0.15, -0.1) is 0 Å². The number of carbonyl (C=O) groups excluding carboxylic acids is 1. The molecule has 0 amide bonds. The second-order valence-corrected chi connectivity index (χ2v) is 4.28. The first-order chi connectivity index (χ1) is 10.1. The molecule has 1 atom stereocenters. The van der Waals surface area contributed by atoms with Crippen molar-refractivity contribution in [1.29, 1.82) is 5.26 Å². The van der Waals surface area contributed by atoms with Crippen LogP contribution in [0.1, 0.15) is 19.4 Å². The van der Waals surface area contributed by atoms with Gasteiger partial charge in [0.2, 0.25) is 13.4 Å². The molecule has 0 saturated carbocycles. The van der Waals surface area contributed by atoms with Crippen LogP contribution in [0.3, 0.4) is 0 Å². The van der Waals surface area contributed by atoms with Crippen LogP contribution in [-0.4, -0.2) is 31.2 Å². The van der Waals surface area contributed by atoms with Gasteiger partial charge in [0, 0.05) is 5.56 Å². The largest absolute Gasteiger partial charge is 0.454 e. The van der Waals surface area contributed by atoms with E-state index in [2.05, 4.69) is 5.16 Å². The fourth-order valence-corrected chi connectivity index (χ4v) is 1.61. The number of benzene rings is 1. The Morgan fingerprint density at radius 1 is 1.48 bits per heavy atom. The van der Waals surface area contributed by atoms with E-state index >= 15 is 0 Å². The van der Waals surface area contributed by atoms with Crippen molar-refractivity contribution < 1.29 is 23.8 Å². The van der Waals surface area contributed by atoms with Crippen LogP contribution in [0.2, 0.25) is 0 Å². The molecule has 2 rings (SSSR count). The van der Waals surface area contributed by atoms with E-state index in [0.717, 1.165) is 5.56 Å². The molecule has 0 fully saturated rings. The topological polar surface area (TPSA) is 90.1 Å². The molecule has 1 aromatic carbocycles. The summed E-state index contributed by atoms with van der Waals surface area (Å²) in [6.45, 7) is 3.06. The third-order valence-corrected chi connectivity index (χ3v) is 2.66. The predicted octanol–water partition coefficient (Wildman–Crippen LogP) is 1.61. The third kappa shape index (κ3) is 3.86. The van der Waals surface area contributed by atoms with Crippen LogP contribution in [0.5, 0.6) is 11.5 Å². The molecule has 1 heterocycles. The van der Waals surface area contributed by atoms with E-state index in [4.69, 9.17) is 24.3 Å². The molecule has 7 heteroatoms. The molecule has 0 radical (unpaired) electrons. The fourth-order valence-electron chi connectivity index (χ4n) is 1.61. The third-order valence-electron chi connectivity index (χ3n) is 2.66. The summed E-state index contributed by atoms with van der Waals surface area (Å²) in [6.07, 6.45) is -0.806. The van der Waals surface area contributed by atoms with Gasteiger partial charge in [-0.2, -0.15) is 5.26 Å². The van der Waals surface area contributed by atoms with Gasteiger partial charge < -0.3 is 19.0 Å². The molecule has 0 spiro atoms. The summed E-state index contributed by atoms with van der Waals surface area (Å²) in [5.74, 6) is 0.678. The van der Waals surface area contributed by atoms with Crippen molar-refractivity contribution in [2.45, 2.75) is 20.0 Å². The van der Waals surface area contributed by atoms with Crippen LogP contribution < -0.4 is 9.47 Å². The van der Waals surface area contributed by atoms with Crippen molar-refractivity contribution in [3.63, 3.8) is 0 Å². The molecule has 0 aliphatic carbocycles. The number of hydrogen-bond donors (Lipinski definition) is 0. The number of ether oxygens (including phenoxy) is 3. The maximum atomic E-state index is 11.3. The summed E-state index contributed by atoms with van der Waals surface area (Å²) in [6, 6.07) is 7.15. The van der Waals surface area contributed by atoms with E-state index in [1.807, 2.05) is 6.07 Å². The lowest BCUT2D eigenvalue weighted by molar-refractivity contribution is -0.151. The molecule has 1 aliphatic rings. The number of hydrogen-bond acceptors (Lipinski definition) is 7. The number of nitrogens with zero attached hydrogens (tertiary/aromatic N) is 2. The van der Waals surface area contributed by atoms with Crippen molar-refractivity contribution in [2.75, 3.05) is 13.4 Å². The highest BCUT2D eigenvalue weighted by atomic mass is 16.7. The van der Waals surface area contributed by atoms with Crippen LogP contribution in [0.15, 0.2) is 23.4 Å². The predicted molar refractivity (Wildman–Crippen MR) is 71.9 cm³/mol. The first-order valence-electron chi connectivity index (χ1n) is 6.26. The zero-order valence-corrected chi connectivity index (χ0v) is 11.7. The Bertz CT molecular complexity index is 606. The van der Waals surface area contributed by atoms with Gasteiger partial charge in [-0.25, -0.2) is 4.79 Å². The van der Waals surface area contributed by atoms with Crippen molar-refractivity contribution in [3.05, 3.63) is 23.8 Å². The van der Waals surface area contributed by atoms with E-state index in [0.29, 0.717) is 17.2 Å². The lowest BCUT2D eigenvalue weighted by Crippen LogP contribution is -2.17. The summed E-state index contributed by atoms with van der Waals surface area (Å²) < 4.78 is 15.2. The number of esters is 1. The summed E-state index contributed by atoms with van der Waals surface area (Å²) in [5.41, 5.74) is 1.37. The van der Waals surface area contributed by atoms with Gasteiger partial charge in [-0.1, -0.05) is 5.16 Å². The highest BCUT2D eigenvalue weighted by Gasteiger charge is 2.14. The molecule has 0 saturated heterocycles. The van der Waals surface area contributed by atoms with E-state index in [-0.39, 0.29) is 13.4 Å². The van der Waals surface area contributed by atoms with Crippen molar-refractivity contribution in [2.24, 2.45) is 5.16 Å². The standard InChI is InChI=1S/C14H14N2O5/c1-9(6-15)21-14(17)7-20-16-10(2)11-3-4-12-13(5-11)19-8-18-12/h3-5,9H,7-8H2,1-2H3/b16-10-/t9-/m1/s1.